The fourth-order valence-corrected chi connectivity index (χ4v) is 4.40. The van der Waals surface area contributed by atoms with Crippen LogP contribution in [0.2, 0.25) is 0 Å². The van der Waals surface area contributed by atoms with Crippen LogP contribution in [0.15, 0.2) is 59.3 Å². The van der Waals surface area contributed by atoms with Crippen LogP contribution in [0.4, 0.5) is 19.0 Å². The van der Waals surface area contributed by atoms with Gasteiger partial charge in [-0.15, -0.1) is 0 Å². The number of carbonyl (C=O) groups is 1. The first-order chi connectivity index (χ1) is 15.9. The maximum Gasteiger partial charge on any atom is 0.416 e. The minimum atomic E-state index is -4.46. The van der Waals surface area contributed by atoms with Crippen LogP contribution in [0, 0.1) is 5.92 Å². The van der Waals surface area contributed by atoms with Gasteiger partial charge in [0, 0.05) is 25.0 Å². The number of aromatic nitrogens is 2. The Morgan fingerprint density at radius 3 is 2.76 bits per heavy atom. The van der Waals surface area contributed by atoms with Crippen molar-refractivity contribution in [3.63, 3.8) is 0 Å². The summed E-state index contributed by atoms with van der Waals surface area (Å²) in [6.45, 7) is 0.923. The molecule has 33 heavy (non-hydrogen) atoms. The average molecular weight is 454 g/mol. The molecule has 3 heterocycles. The number of benzene rings is 2. The number of amides is 1. The number of halogens is 3. The van der Waals surface area contributed by atoms with Gasteiger partial charge < -0.3 is 14.6 Å². The highest BCUT2D eigenvalue weighted by Crippen LogP contribution is 2.34. The second kappa shape index (κ2) is 8.38. The van der Waals surface area contributed by atoms with Crippen molar-refractivity contribution in [2.45, 2.75) is 25.6 Å². The zero-order chi connectivity index (χ0) is 23.0. The lowest BCUT2D eigenvalue weighted by atomic mass is 9.96. The van der Waals surface area contributed by atoms with Gasteiger partial charge in [-0.25, -0.2) is 9.97 Å². The Labute approximate surface area is 187 Å². The molecule has 1 amide bonds. The molecule has 2 aromatic heterocycles. The van der Waals surface area contributed by atoms with E-state index < -0.39 is 11.7 Å². The number of anilines is 1. The number of hydrogen-bond acceptors (Lipinski definition) is 5. The van der Waals surface area contributed by atoms with E-state index in [2.05, 4.69) is 15.3 Å². The van der Waals surface area contributed by atoms with Crippen molar-refractivity contribution in [3.05, 3.63) is 66.0 Å². The van der Waals surface area contributed by atoms with E-state index in [0.29, 0.717) is 42.0 Å². The van der Waals surface area contributed by atoms with E-state index in [9.17, 15) is 18.0 Å². The molecule has 0 radical (unpaired) electrons. The summed E-state index contributed by atoms with van der Waals surface area (Å²) in [4.78, 5) is 23.6. The van der Waals surface area contributed by atoms with Crippen LogP contribution in [0.1, 0.15) is 24.0 Å². The van der Waals surface area contributed by atoms with Crippen LogP contribution >= 0.6 is 0 Å². The normalized spacial score (nSPS) is 16.9. The van der Waals surface area contributed by atoms with E-state index in [-0.39, 0.29) is 23.9 Å². The van der Waals surface area contributed by atoms with Gasteiger partial charge >= 0.3 is 6.18 Å². The standard InChI is InChI=1S/C24H21F3N4O2/c25-24(26,27)18-9-3-1-6-15(18)12-28-23(32)16-7-5-11-31(13-16)22-21-20(29-14-30-22)17-8-2-4-10-19(17)33-21/h1-4,6,8-10,14,16H,5,7,11-13H2,(H,28,32)/t16-/m0/s1. The first kappa shape index (κ1) is 21.2. The van der Waals surface area contributed by atoms with Crippen LogP contribution in [-0.2, 0) is 17.5 Å². The Kier molecular flexibility index (Phi) is 5.39. The molecular weight excluding hydrogens is 433 g/mol. The van der Waals surface area contributed by atoms with Gasteiger partial charge in [0.15, 0.2) is 11.4 Å². The number of piperidine rings is 1. The van der Waals surface area contributed by atoms with Gasteiger partial charge in [0.2, 0.25) is 5.91 Å². The summed E-state index contributed by atoms with van der Waals surface area (Å²) < 4.78 is 45.7. The first-order valence-corrected chi connectivity index (χ1v) is 10.7. The minimum Gasteiger partial charge on any atom is -0.450 e. The lowest BCUT2D eigenvalue weighted by molar-refractivity contribution is -0.138. The van der Waals surface area contributed by atoms with Crippen molar-refractivity contribution in [2.75, 3.05) is 18.0 Å². The van der Waals surface area contributed by atoms with Gasteiger partial charge in [-0.1, -0.05) is 30.3 Å². The number of alkyl halides is 3. The summed E-state index contributed by atoms with van der Waals surface area (Å²) in [5.74, 6) is -0.0195. The van der Waals surface area contributed by atoms with E-state index in [1.165, 1.54) is 24.5 Å². The summed E-state index contributed by atoms with van der Waals surface area (Å²) >= 11 is 0. The number of nitrogens with zero attached hydrogens (tertiary/aromatic N) is 3. The van der Waals surface area contributed by atoms with Gasteiger partial charge in [0.05, 0.1) is 11.5 Å². The van der Waals surface area contributed by atoms with Crippen LogP contribution in [0.3, 0.4) is 0 Å². The van der Waals surface area contributed by atoms with Crippen molar-refractivity contribution in [2.24, 2.45) is 5.92 Å². The molecule has 1 aliphatic heterocycles. The largest absolute Gasteiger partial charge is 0.450 e. The topological polar surface area (TPSA) is 71.3 Å². The molecule has 9 heteroatoms. The monoisotopic (exact) mass is 454 g/mol. The number of rotatable bonds is 4. The molecule has 1 saturated heterocycles. The molecule has 1 atom stereocenters. The lowest BCUT2D eigenvalue weighted by Crippen LogP contribution is -2.43. The number of furan rings is 1. The smallest absolute Gasteiger partial charge is 0.416 e. The second-order valence-corrected chi connectivity index (χ2v) is 8.13. The van der Waals surface area contributed by atoms with E-state index >= 15 is 0 Å². The molecule has 0 bridgehead atoms. The van der Waals surface area contributed by atoms with Crippen LogP contribution in [-0.4, -0.2) is 29.0 Å². The summed E-state index contributed by atoms with van der Waals surface area (Å²) in [5, 5.41) is 3.58. The Morgan fingerprint density at radius 2 is 1.91 bits per heavy atom. The molecule has 1 N–H and O–H groups in total. The molecule has 1 fully saturated rings. The Balaban J connectivity index is 1.33. The number of hydrogen-bond donors (Lipinski definition) is 1. The van der Waals surface area contributed by atoms with E-state index in [4.69, 9.17) is 4.42 Å². The highest BCUT2D eigenvalue weighted by Gasteiger charge is 2.33. The van der Waals surface area contributed by atoms with Crippen LogP contribution in [0.5, 0.6) is 0 Å². The van der Waals surface area contributed by atoms with E-state index in [1.54, 1.807) is 0 Å². The van der Waals surface area contributed by atoms with E-state index in [1.807, 2.05) is 29.2 Å². The van der Waals surface area contributed by atoms with Crippen molar-refractivity contribution < 1.29 is 22.4 Å². The molecule has 4 aromatic rings. The van der Waals surface area contributed by atoms with Crippen molar-refractivity contribution in [1.29, 1.82) is 0 Å². The van der Waals surface area contributed by atoms with Crippen molar-refractivity contribution >= 4 is 33.8 Å². The third-order valence-corrected chi connectivity index (χ3v) is 6.01. The molecule has 0 unspecified atom stereocenters. The molecule has 1 aliphatic rings. The van der Waals surface area contributed by atoms with Gasteiger partial charge in [-0.3, -0.25) is 4.79 Å². The summed E-state index contributed by atoms with van der Waals surface area (Å²) in [6, 6.07) is 12.9. The Morgan fingerprint density at radius 1 is 1.12 bits per heavy atom. The third-order valence-electron chi connectivity index (χ3n) is 6.01. The summed E-state index contributed by atoms with van der Waals surface area (Å²) in [6.07, 6.45) is -1.58. The molecule has 6 nitrogen and oxygen atoms in total. The minimum absolute atomic E-state index is 0.0470. The van der Waals surface area contributed by atoms with Crippen molar-refractivity contribution in [3.8, 4) is 0 Å². The molecule has 170 valence electrons. The number of fused-ring (bicyclic) bond motifs is 3. The second-order valence-electron chi connectivity index (χ2n) is 8.13. The third kappa shape index (κ3) is 4.10. The van der Waals surface area contributed by atoms with Gasteiger partial charge in [-0.2, -0.15) is 13.2 Å². The SMILES string of the molecule is O=C(NCc1ccccc1C(F)(F)F)[C@H]1CCCN(c2ncnc3c2oc2ccccc23)C1. The average Bonchev–Trinajstić information content (AvgIpc) is 3.21. The lowest BCUT2D eigenvalue weighted by Gasteiger charge is -2.32. The van der Waals surface area contributed by atoms with E-state index in [0.717, 1.165) is 17.9 Å². The molecule has 5 rings (SSSR count). The molecule has 0 spiro atoms. The molecule has 2 aromatic carbocycles. The molecule has 0 aliphatic carbocycles. The maximum atomic E-state index is 13.2. The molecule has 0 saturated carbocycles. The molecular formula is C24H21F3N4O2. The number of carbonyl (C=O) groups excluding carboxylic acids is 1. The van der Waals surface area contributed by atoms with Gasteiger partial charge in [0.1, 0.15) is 17.4 Å². The Hall–Kier alpha value is -3.62. The fourth-order valence-electron chi connectivity index (χ4n) is 4.40. The number of nitrogens with one attached hydrogen (secondary N) is 1. The van der Waals surface area contributed by atoms with Crippen molar-refractivity contribution in [1.82, 2.24) is 15.3 Å². The number of para-hydroxylation sites is 1. The summed E-state index contributed by atoms with van der Waals surface area (Å²) in [7, 11) is 0. The predicted octanol–water partition coefficient (Wildman–Crippen LogP) is 4.93. The highest BCUT2D eigenvalue weighted by atomic mass is 19.4. The van der Waals surface area contributed by atoms with Crippen LogP contribution < -0.4 is 10.2 Å². The zero-order valence-corrected chi connectivity index (χ0v) is 17.6. The zero-order valence-electron chi connectivity index (χ0n) is 17.6. The first-order valence-electron chi connectivity index (χ1n) is 10.7. The van der Waals surface area contributed by atoms with Gasteiger partial charge in [-0.05, 0) is 36.6 Å². The Bertz CT molecular complexity index is 1320. The fraction of sp³-hybridized carbons (Fsp3) is 0.292. The van der Waals surface area contributed by atoms with Gasteiger partial charge in [0.25, 0.3) is 0 Å². The predicted molar refractivity (Wildman–Crippen MR) is 118 cm³/mol. The summed E-state index contributed by atoms with van der Waals surface area (Å²) in [5.41, 5.74) is 1.31. The van der Waals surface area contributed by atoms with Crippen LogP contribution in [0.25, 0.3) is 22.1 Å². The quantitative estimate of drug-likeness (QED) is 0.474. The maximum absolute atomic E-state index is 13.2. The highest BCUT2D eigenvalue weighted by molar-refractivity contribution is 6.05.